The Kier molecular flexibility index (Phi) is 8.99. The number of esters is 1. The van der Waals surface area contributed by atoms with E-state index in [4.69, 9.17) is 14.2 Å². The summed E-state index contributed by atoms with van der Waals surface area (Å²) in [5.74, 6) is 1.21. The third-order valence-corrected chi connectivity index (χ3v) is 5.49. The molecule has 0 unspecified atom stereocenters. The van der Waals surface area contributed by atoms with Crippen molar-refractivity contribution in [3.05, 3.63) is 83.4 Å². The zero-order valence-corrected chi connectivity index (χ0v) is 21.1. The van der Waals surface area contributed by atoms with Crippen molar-refractivity contribution in [1.29, 1.82) is 0 Å². The summed E-state index contributed by atoms with van der Waals surface area (Å²) in [6.07, 6.45) is 5.69. The topological polar surface area (TPSA) is 97.5 Å². The van der Waals surface area contributed by atoms with Crippen molar-refractivity contribution >= 4 is 12.3 Å². The fourth-order valence-electron chi connectivity index (χ4n) is 3.48. The van der Waals surface area contributed by atoms with E-state index in [-0.39, 0.29) is 5.97 Å². The number of rotatable bonds is 8. The first-order valence-corrected chi connectivity index (χ1v) is 11.5. The van der Waals surface area contributed by atoms with Crippen LogP contribution >= 0.6 is 0 Å². The summed E-state index contributed by atoms with van der Waals surface area (Å²) in [5.41, 5.74) is 4.46. The van der Waals surface area contributed by atoms with Crippen molar-refractivity contribution < 1.29 is 23.8 Å². The van der Waals surface area contributed by atoms with E-state index in [1.54, 1.807) is 36.0 Å². The van der Waals surface area contributed by atoms with Gasteiger partial charge in [-0.3, -0.25) is 4.79 Å². The van der Waals surface area contributed by atoms with Crippen molar-refractivity contribution in [2.24, 2.45) is 0 Å². The maximum absolute atomic E-state index is 11.6. The highest BCUT2D eigenvalue weighted by molar-refractivity contribution is 5.90. The number of methoxy groups -OCH3 is 3. The van der Waals surface area contributed by atoms with Gasteiger partial charge in [-0.1, -0.05) is 13.8 Å². The second-order valence-electron chi connectivity index (χ2n) is 7.62. The molecule has 0 spiro atoms. The summed E-state index contributed by atoms with van der Waals surface area (Å²) in [5, 5.41) is 8.77. The zero-order valence-electron chi connectivity index (χ0n) is 21.1. The lowest BCUT2D eigenvalue weighted by molar-refractivity contribution is 0.0599. The van der Waals surface area contributed by atoms with Crippen molar-refractivity contribution in [1.82, 2.24) is 19.6 Å². The highest BCUT2D eigenvalue weighted by Crippen LogP contribution is 2.18. The minimum Gasteiger partial charge on any atom is -0.497 e. The first-order valence-electron chi connectivity index (χ1n) is 11.5. The van der Waals surface area contributed by atoms with Crippen LogP contribution in [-0.4, -0.2) is 53.1 Å². The van der Waals surface area contributed by atoms with Crippen LogP contribution < -0.4 is 9.47 Å². The number of carbonyl (C=O) groups excluding carboxylic acids is 2. The van der Waals surface area contributed by atoms with Crippen LogP contribution in [0.4, 0.5) is 0 Å². The van der Waals surface area contributed by atoms with Crippen LogP contribution in [0.15, 0.2) is 60.9 Å². The molecule has 2 aromatic heterocycles. The SMILES string of the molecule is CCc1nn(-c2ccc(OC)cc2)cc1C(=O)OC.CCc1nn(-c2ccc(OC)cc2)cc1C=O. The van der Waals surface area contributed by atoms with Gasteiger partial charge in [0.25, 0.3) is 0 Å². The number of hydrogen-bond donors (Lipinski definition) is 0. The number of ether oxygens (including phenoxy) is 3. The molecule has 2 aromatic carbocycles. The summed E-state index contributed by atoms with van der Waals surface area (Å²) in [6.45, 7) is 3.93. The monoisotopic (exact) mass is 490 g/mol. The molecule has 0 radical (unpaired) electrons. The molecule has 0 amide bonds. The molecule has 36 heavy (non-hydrogen) atoms. The predicted octanol–water partition coefficient (Wildman–Crippen LogP) is 4.49. The van der Waals surface area contributed by atoms with Gasteiger partial charge in [-0.05, 0) is 61.4 Å². The molecule has 0 saturated carbocycles. The molecule has 188 valence electrons. The molecule has 9 nitrogen and oxygen atoms in total. The first kappa shape index (κ1) is 26.2. The van der Waals surface area contributed by atoms with Gasteiger partial charge in [0.1, 0.15) is 17.1 Å². The minimum absolute atomic E-state index is 0.364. The fraction of sp³-hybridized carbons (Fsp3) is 0.259. The minimum atomic E-state index is -0.364. The number of aldehydes is 1. The first-order chi connectivity index (χ1) is 17.5. The molecule has 2 heterocycles. The number of hydrogen-bond acceptors (Lipinski definition) is 7. The van der Waals surface area contributed by atoms with Gasteiger partial charge in [-0.2, -0.15) is 10.2 Å². The van der Waals surface area contributed by atoms with Crippen molar-refractivity contribution in [3.8, 4) is 22.9 Å². The molecule has 4 rings (SSSR count). The summed E-state index contributed by atoms with van der Waals surface area (Å²) >= 11 is 0. The Balaban J connectivity index is 0.000000202. The molecule has 0 aliphatic carbocycles. The Bertz CT molecular complexity index is 1290. The quantitative estimate of drug-likeness (QED) is 0.265. The Morgan fingerprint density at radius 2 is 1.25 bits per heavy atom. The number of benzene rings is 2. The molecule has 0 fully saturated rings. The third-order valence-electron chi connectivity index (χ3n) is 5.49. The van der Waals surface area contributed by atoms with Crippen molar-refractivity contribution in [3.63, 3.8) is 0 Å². The number of carbonyl (C=O) groups is 2. The number of aromatic nitrogens is 4. The van der Waals surface area contributed by atoms with Gasteiger partial charge in [-0.25, -0.2) is 14.2 Å². The molecule has 0 bridgehead atoms. The van der Waals surface area contributed by atoms with Gasteiger partial charge < -0.3 is 14.2 Å². The van der Waals surface area contributed by atoms with E-state index < -0.39 is 0 Å². The maximum atomic E-state index is 11.6. The highest BCUT2D eigenvalue weighted by Gasteiger charge is 2.16. The molecular formula is C27H30N4O5. The van der Waals surface area contributed by atoms with E-state index >= 15 is 0 Å². The molecule has 0 atom stereocenters. The maximum Gasteiger partial charge on any atom is 0.341 e. The molecule has 0 aliphatic rings. The predicted molar refractivity (Wildman–Crippen MR) is 136 cm³/mol. The second kappa shape index (κ2) is 12.3. The Labute approximate surface area is 210 Å². The number of aryl methyl sites for hydroxylation is 2. The normalized spacial score (nSPS) is 10.2. The van der Waals surface area contributed by atoms with Crippen LogP contribution in [0.25, 0.3) is 11.4 Å². The van der Waals surface area contributed by atoms with Gasteiger partial charge in [0, 0.05) is 12.4 Å². The van der Waals surface area contributed by atoms with E-state index in [0.717, 1.165) is 47.0 Å². The highest BCUT2D eigenvalue weighted by atomic mass is 16.5. The van der Waals surface area contributed by atoms with Crippen LogP contribution in [0.2, 0.25) is 0 Å². The van der Waals surface area contributed by atoms with Crippen molar-refractivity contribution in [2.45, 2.75) is 26.7 Å². The van der Waals surface area contributed by atoms with Crippen LogP contribution in [0.5, 0.6) is 11.5 Å². The molecule has 9 heteroatoms. The third kappa shape index (κ3) is 5.99. The van der Waals surface area contributed by atoms with E-state index in [1.165, 1.54) is 7.11 Å². The number of nitrogens with zero attached hydrogens (tertiary/aromatic N) is 4. The fourth-order valence-corrected chi connectivity index (χ4v) is 3.48. The second-order valence-corrected chi connectivity index (χ2v) is 7.62. The van der Waals surface area contributed by atoms with Crippen LogP contribution in [0, 0.1) is 0 Å². The lowest BCUT2D eigenvalue weighted by atomic mass is 10.2. The van der Waals surface area contributed by atoms with Gasteiger partial charge in [0.05, 0.1) is 49.7 Å². The lowest BCUT2D eigenvalue weighted by Gasteiger charge is -2.03. The van der Waals surface area contributed by atoms with Gasteiger partial charge in [0.15, 0.2) is 6.29 Å². The molecule has 0 saturated heterocycles. The van der Waals surface area contributed by atoms with E-state index in [0.29, 0.717) is 17.5 Å². The molecular weight excluding hydrogens is 460 g/mol. The van der Waals surface area contributed by atoms with E-state index in [2.05, 4.69) is 10.2 Å². The van der Waals surface area contributed by atoms with Crippen LogP contribution in [-0.2, 0) is 17.6 Å². The standard InChI is InChI=1S/C14H16N2O3.C13H14N2O2/c1-4-13-12(14(17)19-3)9-16(15-13)10-5-7-11(18-2)8-6-10;1-3-13-10(9-16)8-15(14-13)11-4-6-12(17-2)7-5-11/h5-9H,4H2,1-3H3;4-9H,3H2,1-2H3. The zero-order chi connectivity index (χ0) is 26.1. The largest absolute Gasteiger partial charge is 0.497 e. The Morgan fingerprint density at radius 3 is 1.64 bits per heavy atom. The smallest absolute Gasteiger partial charge is 0.341 e. The summed E-state index contributed by atoms with van der Waals surface area (Å²) < 4.78 is 18.3. The molecule has 0 aliphatic heterocycles. The Hall–Kier alpha value is -4.40. The van der Waals surface area contributed by atoms with Crippen molar-refractivity contribution in [2.75, 3.05) is 21.3 Å². The average molecular weight is 491 g/mol. The van der Waals surface area contributed by atoms with Crippen LogP contribution in [0.1, 0.15) is 46.0 Å². The van der Waals surface area contributed by atoms with E-state index in [1.807, 2.05) is 62.4 Å². The van der Waals surface area contributed by atoms with Gasteiger partial charge in [-0.15, -0.1) is 0 Å². The van der Waals surface area contributed by atoms with Gasteiger partial charge in [0.2, 0.25) is 0 Å². The van der Waals surface area contributed by atoms with Gasteiger partial charge >= 0.3 is 5.97 Å². The Morgan fingerprint density at radius 1 is 0.778 bits per heavy atom. The molecule has 0 N–H and O–H groups in total. The lowest BCUT2D eigenvalue weighted by Crippen LogP contribution is -2.02. The van der Waals surface area contributed by atoms with Crippen LogP contribution in [0.3, 0.4) is 0 Å². The van der Waals surface area contributed by atoms with E-state index in [9.17, 15) is 9.59 Å². The summed E-state index contributed by atoms with van der Waals surface area (Å²) in [7, 11) is 4.61. The molecule has 4 aromatic rings. The average Bonchev–Trinajstić information content (AvgIpc) is 3.57. The summed E-state index contributed by atoms with van der Waals surface area (Å²) in [6, 6.07) is 15.0. The summed E-state index contributed by atoms with van der Waals surface area (Å²) in [4.78, 5) is 22.5.